The minimum atomic E-state index is -1.30. The number of alkyl carbamates (subject to hydrolysis) is 1. The topological polar surface area (TPSA) is 184 Å². The van der Waals surface area contributed by atoms with Crippen molar-refractivity contribution in [3.63, 3.8) is 0 Å². The van der Waals surface area contributed by atoms with E-state index in [2.05, 4.69) is 30.9 Å². The number of hydrogen-bond donors (Lipinski definition) is 6. The van der Waals surface area contributed by atoms with Crippen LogP contribution < -0.4 is 16.0 Å². The Labute approximate surface area is 251 Å². The van der Waals surface area contributed by atoms with Crippen LogP contribution in [0.4, 0.5) is 10.6 Å². The first kappa shape index (κ1) is 30.2. The first-order chi connectivity index (χ1) is 20.8. The second kappa shape index (κ2) is 13.8. The Kier molecular flexibility index (Phi) is 9.67. The fourth-order valence-electron chi connectivity index (χ4n) is 5.10. The number of nitrogens with zero attached hydrogens (tertiary/aromatic N) is 4. The molecule has 0 saturated heterocycles. The number of amides is 2. The summed E-state index contributed by atoms with van der Waals surface area (Å²) in [5.74, 6) is -0.249. The Hall–Kier alpha value is -4.30. The Balaban J connectivity index is 1.22. The predicted molar refractivity (Wildman–Crippen MR) is 157 cm³/mol. The highest BCUT2D eigenvalue weighted by Gasteiger charge is 2.44. The third kappa shape index (κ3) is 7.38. The summed E-state index contributed by atoms with van der Waals surface area (Å²) >= 11 is 6.25. The molecule has 1 aliphatic carbocycles. The molecule has 2 aromatic carbocycles. The average Bonchev–Trinajstić information content (AvgIpc) is 3.55. The van der Waals surface area contributed by atoms with Crippen molar-refractivity contribution < 1.29 is 29.6 Å². The van der Waals surface area contributed by atoms with E-state index in [9.17, 15) is 24.9 Å². The Morgan fingerprint density at radius 3 is 2.42 bits per heavy atom. The van der Waals surface area contributed by atoms with E-state index in [0.717, 1.165) is 11.1 Å². The van der Waals surface area contributed by atoms with Gasteiger partial charge in [-0.2, -0.15) is 9.97 Å². The SMILES string of the molecule is O=C(CNC(=O)OCc1ccccc1)N[C@H]1C[C@@H](n2cnc3c(N[C@H](CO)Cc4ccccc4)nc(Cl)nc32)[C@H](O)[C@@H]1O. The van der Waals surface area contributed by atoms with Gasteiger partial charge >= 0.3 is 6.09 Å². The Morgan fingerprint density at radius 2 is 1.72 bits per heavy atom. The molecule has 6 N–H and O–H groups in total. The molecular formula is C29H32ClN7O6. The molecule has 1 saturated carbocycles. The highest BCUT2D eigenvalue weighted by molar-refractivity contribution is 6.28. The van der Waals surface area contributed by atoms with E-state index in [4.69, 9.17) is 16.3 Å². The van der Waals surface area contributed by atoms with E-state index in [1.54, 1.807) is 4.57 Å². The normalized spacial score (nSPS) is 20.5. The van der Waals surface area contributed by atoms with E-state index in [1.165, 1.54) is 6.33 Å². The minimum absolute atomic E-state index is 0.0564. The number of halogens is 1. The van der Waals surface area contributed by atoms with Gasteiger partial charge in [0, 0.05) is 0 Å². The molecule has 0 spiro atoms. The number of nitrogens with one attached hydrogen (secondary N) is 3. The molecule has 2 aromatic heterocycles. The molecule has 1 aliphatic rings. The van der Waals surface area contributed by atoms with Gasteiger partial charge in [0.05, 0.1) is 31.1 Å². The number of benzene rings is 2. The van der Waals surface area contributed by atoms with Gasteiger partial charge in [-0.25, -0.2) is 9.78 Å². The van der Waals surface area contributed by atoms with Crippen molar-refractivity contribution in [2.75, 3.05) is 18.5 Å². The summed E-state index contributed by atoms with van der Waals surface area (Å²) in [6.07, 6.45) is -1.19. The second-order valence-corrected chi connectivity index (χ2v) is 10.6. The maximum absolute atomic E-state index is 12.5. The summed E-state index contributed by atoms with van der Waals surface area (Å²) in [6, 6.07) is 16.9. The van der Waals surface area contributed by atoms with Gasteiger partial charge in [-0.1, -0.05) is 60.7 Å². The lowest BCUT2D eigenvalue weighted by Gasteiger charge is -2.19. The first-order valence-corrected chi connectivity index (χ1v) is 14.1. The van der Waals surface area contributed by atoms with Crippen molar-refractivity contribution in [1.29, 1.82) is 0 Å². The predicted octanol–water partition coefficient (Wildman–Crippen LogP) is 1.57. The molecule has 0 aliphatic heterocycles. The lowest BCUT2D eigenvalue weighted by Crippen LogP contribution is -2.46. The number of rotatable bonds is 11. The molecule has 14 heteroatoms. The Bertz CT molecular complexity index is 1540. The molecule has 4 aromatic rings. The largest absolute Gasteiger partial charge is 0.445 e. The fraction of sp³-hybridized carbons (Fsp3) is 0.345. The number of aliphatic hydroxyl groups is 3. The van der Waals surface area contributed by atoms with Crippen LogP contribution in [-0.4, -0.2) is 84.3 Å². The van der Waals surface area contributed by atoms with Crippen LogP contribution in [-0.2, 0) is 22.6 Å². The van der Waals surface area contributed by atoms with Crippen LogP contribution >= 0.6 is 11.6 Å². The van der Waals surface area contributed by atoms with Crippen molar-refractivity contribution in [3.8, 4) is 0 Å². The number of fused-ring (bicyclic) bond motifs is 1. The molecule has 2 heterocycles. The van der Waals surface area contributed by atoms with Crippen LogP contribution in [0.5, 0.6) is 0 Å². The highest BCUT2D eigenvalue weighted by Crippen LogP contribution is 2.34. The smallest absolute Gasteiger partial charge is 0.407 e. The third-order valence-corrected chi connectivity index (χ3v) is 7.41. The number of imidazole rings is 1. The molecule has 13 nitrogen and oxygen atoms in total. The van der Waals surface area contributed by atoms with E-state index >= 15 is 0 Å². The van der Waals surface area contributed by atoms with Gasteiger partial charge in [0.1, 0.15) is 25.4 Å². The fourth-order valence-corrected chi connectivity index (χ4v) is 5.26. The molecule has 43 heavy (non-hydrogen) atoms. The molecule has 1 fully saturated rings. The maximum atomic E-state index is 12.5. The van der Waals surface area contributed by atoms with Crippen LogP contribution in [0.1, 0.15) is 23.6 Å². The van der Waals surface area contributed by atoms with Gasteiger partial charge in [-0.3, -0.25) is 4.79 Å². The molecule has 5 rings (SSSR count). The zero-order chi connectivity index (χ0) is 30.3. The molecule has 2 amide bonds. The zero-order valence-electron chi connectivity index (χ0n) is 23.0. The highest BCUT2D eigenvalue weighted by atomic mass is 35.5. The lowest BCUT2D eigenvalue weighted by atomic mass is 10.1. The van der Waals surface area contributed by atoms with Crippen molar-refractivity contribution in [2.24, 2.45) is 0 Å². The van der Waals surface area contributed by atoms with E-state index < -0.39 is 36.3 Å². The number of carbonyl (C=O) groups is 2. The van der Waals surface area contributed by atoms with Crippen LogP contribution in [0.25, 0.3) is 11.2 Å². The van der Waals surface area contributed by atoms with E-state index in [0.29, 0.717) is 23.4 Å². The van der Waals surface area contributed by atoms with Gasteiger partial charge in [0.25, 0.3) is 0 Å². The summed E-state index contributed by atoms with van der Waals surface area (Å²) < 4.78 is 6.68. The number of anilines is 1. The van der Waals surface area contributed by atoms with Crippen LogP contribution in [0.15, 0.2) is 67.0 Å². The lowest BCUT2D eigenvalue weighted by molar-refractivity contribution is -0.121. The summed E-state index contributed by atoms with van der Waals surface area (Å²) in [5.41, 5.74) is 2.50. The number of hydrogen-bond acceptors (Lipinski definition) is 10. The van der Waals surface area contributed by atoms with Gasteiger partial charge in [-0.05, 0) is 35.6 Å². The van der Waals surface area contributed by atoms with Gasteiger partial charge in [0.15, 0.2) is 17.0 Å². The minimum Gasteiger partial charge on any atom is -0.445 e. The first-order valence-electron chi connectivity index (χ1n) is 13.7. The monoisotopic (exact) mass is 609 g/mol. The number of carbonyl (C=O) groups excluding carboxylic acids is 2. The third-order valence-electron chi connectivity index (χ3n) is 7.24. The van der Waals surface area contributed by atoms with Crippen LogP contribution in [0.3, 0.4) is 0 Å². The zero-order valence-corrected chi connectivity index (χ0v) is 23.8. The molecule has 0 unspecified atom stereocenters. The molecule has 226 valence electrons. The Morgan fingerprint density at radius 1 is 1.02 bits per heavy atom. The van der Waals surface area contributed by atoms with Crippen LogP contribution in [0.2, 0.25) is 5.28 Å². The van der Waals surface area contributed by atoms with Gasteiger partial charge in [0.2, 0.25) is 11.2 Å². The average molecular weight is 610 g/mol. The number of aromatic nitrogens is 4. The summed E-state index contributed by atoms with van der Waals surface area (Å²) in [5, 5.41) is 39.7. The molecule has 0 bridgehead atoms. The number of ether oxygens (including phenoxy) is 1. The quantitative estimate of drug-likeness (QED) is 0.136. The second-order valence-electron chi connectivity index (χ2n) is 10.3. The van der Waals surface area contributed by atoms with Crippen molar-refractivity contribution in [3.05, 3.63) is 83.4 Å². The van der Waals surface area contributed by atoms with Gasteiger partial charge < -0.3 is 40.6 Å². The molecule has 0 radical (unpaired) electrons. The van der Waals surface area contributed by atoms with Gasteiger partial charge in [-0.15, -0.1) is 0 Å². The van der Waals surface area contributed by atoms with E-state index in [1.807, 2.05) is 60.7 Å². The van der Waals surface area contributed by atoms with Crippen molar-refractivity contribution in [2.45, 2.75) is 49.8 Å². The maximum Gasteiger partial charge on any atom is 0.407 e. The molecule has 5 atom stereocenters. The standard InChI is InChI=1S/C29H32ClN7O6/c30-28-35-26(33-19(14-38)11-17-7-3-1-4-8-17)23-27(36-28)37(16-32-23)21-12-20(24(40)25(21)41)34-22(39)13-31-29(42)43-15-18-9-5-2-6-10-18/h1-10,16,19-21,24-25,38,40-41H,11-15H2,(H,31,42)(H,34,39)(H,33,35,36)/t19-,20-,21+,24+,25-/m0/s1. The van der Waals surface area contributed by atoms with Crippen LogP contribution in [0, 0.1) is 0 Å². The summed E-state index contributed by atoms with van der Waals surface area (Å²) in [4.78, 5) is 37.5. The van der Waals surface area contributed by atoms with Crippen molar-refractivity contribution in [1.82, 2.24) is 30.2 Å². The molecular weight excluding hydrogens is 578 g/mol. The van der Waals surface area contributed by atoms with E-state index in [-0.39, 0.29) is 37.5 Å². The number of aliphatic hydroxyl groups excluding tert-OH is 3. The summed E-state index contributed by atoms with van der Waals surface area (Å²) in [6.45, 7) is -0.493. The van der Waals surface area contributed by atoms with Crippen molar-refractivity contribution >= 4 is 40.6 Å². The summed E-state index contributed by atoms with van der Waals surface area (Å²) in [7, 11) is 0.